The summed E-state index contributed by atoms with van der Waals surface area (Å²) in [4.78, 5) is 0. The van der Waals surface area contributed by atoms with Gasteiger partial charge in [0.25, 0.3) is 0 Å². The molecule has 0 fully saturated rings. The van der Waals surface area contributed by atoms with Crippen molar-refractivity contribution in [1.82, 2.24) is 14.8 Å². The number of thioether (sulfide) groups is 1. The molecule has 1 heterocycles. The molecule has 0 aliphatic carbocycles. The average molecular weight is 264 g/mol. The Balaban J connectivity index is 2.08. The number of hydrogen-bond acceptors (Lipinski definition) is 5. The lowest BCUT2D eigenvalue weighted by Crippen LogP contribution is -2.00. The molecule has 2 aromatic rings. The smallest absolute Gasteiger partial charge is 0.191 e. The molecule has 96 valence electrons. The van der Waals surface area contributed by atoms with Gasteiger partial charge in [0.05, 0.1) is 7.11 Å². The van der Waals surface area contributed by atoms with Gasteiger partial charge in [0.15, 0.2) is 5.16 Å². The van der Waals surface area contributed by atoms with E-state index in [1.54, 1.807) is 25.2 Å². The summed E-state index contributed by atoms with van der Waals surface area (Å²) >= 11 is 1.64. The summed E-state index contributed by atoms with van der Waals surface area (Å²) in [6.07, 6.45) is 1.69. The van der Waals surface area contributed by atoms with E-state index in [9.17, 15) is 0 Å². The largest absolute Gasteiger partial charge is 0.496 e. The number of aromatic nitrogens is 3. The number of benzene rings is 1. The molecule has 6 heteroatoms. The molecule has 0 saturated heterocycles. The van der Waals surface area contributed by atoms with Crippen molar-refractivity contribution >= 4 is 11.8 Å². The molecule has 0 atom stereocenters. The SMILES string of the molecule is COc1cc(CSc2nncn2C)ccc1CN. The van der Waals surface area contributed by atoms with Crippen LogP contribution in [0.5, 0.6) is 5.75 Å². The molecule has 0 amide bonds. The highest BCUT2D eigenvalue weighted by atomic mass is 32.2. The second-order valence-corrected chi connectivity index (χ2v) is 4.81. The minimum absolute atomic E-state index is 0.486. The van der Waals surface area contributed by atoms with E-state index in [-0.39, 0.29) is 0 Å². The molecule has 5 nitrogen and oxygen atoms in total. The quantitative estimate of drug-likeness (QED) is 0.830. The Bertz CT molecular complexity index is 527. The molecule has 1 aromatic heterocycles. The van der Waals surface area contributed by atoms with E-state index >= 15 is 0 Å². The van der Waals surface area contributed by atoms with Crippen molar-refractivity contribution in [3.8, 4) is 5.75 Å². The molecule has 2 N–H and O–H groups in total. The lowest BCUT2D eigenvalue weighted by atomic mass is 10.1. The van der Waals surface area contributed by atoms with Gasteiger partial charge in [-0.3, -0.25) is 0 Å². The standard InChI is InChI=1S/C12H16N4OS/c1-16-8-14-15-12(16)18-7-9-3-4-10(6-13)11(5-9)17-2/h3-5,8H,6-7,13H2,1-2H3. The molecule has 0 aliphatic heterocycles. The molecule has 1 aromatic carbocycles. The second kappa shape index (κ2) is 5.88. The number of rotatable bonds is 5. The van der Waals surface area contributed by atoms with Crippen LogP contribution in [0.15, 0.2) is 29.7 Å². The number of ether oxygens (including phenoxy) is 1. The fourth-order valence-electron chi connectivity index (χ4n) is 1.60. The van der Waals surface area contributed by atoms with Crippen molar-refractivity contribution in [2.45, 2.75) is 17.5 Å². The van der Waals surface area contributed by atoms with Crippen molar-refractivity contribution < 1.29 is 4.74 Å². The van der Waals surface area contributed by atoms with E-state index in [4.69, 9.17) is 10.5 Å². The Labute approximate surface area is 110 Å². The highest BCUT2D eigenvalue weighted by molar-refractivity contribution is 7.98. The molecule has 2 rings (SSSR count). The Morgan fingerprint density at radius 2 is 2.28 bits per heavy atom. The number of aryl methyl sites for hydroxylation is 1. The summed E-state index contributed by atoms with van der Waals surface area (Å²) < 4.78 is 7.21. The van der Waals surface area contributed by atoms with Gasteiger partial charge in [-0.15, -0.1) is 10.2 Å². The third-order valence-electron chi connectivity index (χ3n) is 2.61. The van der Waals surface area contributed by atoms with Crippen LogP contribution in [0.4, 0.5) is 0 Å². The zero-order valence-electron chi connectivity index (χ0n) is 10.5. The van der Waals surface area contributed by atoms with E-state index in [1.807, 2.05) is 23.7 Å². The third-order valence-corrected chi connectivity index (χ3v) is 3.71. The number of nitrogens with zero attached hydrogens (tertiary/aromatic N) is 3. The van der Waals surface area contributed by atoms with Gasteiger partial charge >= 0.3 is 0 Å². The van der Waals surface area contributed by atoms with Gasteiger partial charge in [0.2, 0.25) is 0 Å². The Morgan fingerprint density at radius 3 is 2.89 bits per heavy atom. The van der Waals surface area contributed by atoms with Gasteiger partial charge in [-0.1, -0.05) is 23.9 Å². The lowest BCUT2D eigenvalue weighted by molar-refractivity contribution is 0.409. The van der Waals surface area contributed by atoms with Crippen LogP contribution in [0.25, 0.3) is 0 Å². The van der Waals surface area contributed by atoms with Crippen molar-refractivity contribution in [1.29, 1.82) is 0 Å². The van der Waals surface area contributed by atoms with Crippen LogP contribution >= 0.6 is 11.8 Å². The summed E-state index contributed by atoms with van der Waals surface area (Å²) in [5, 5.41) is 8.78. The summed E-state index contributed by atoms with van der Waals surface area (Å²) in [5.41, 5.74) is 7.84. The number of nitrogens with two attached hydrogens (primary N) is 1. The maximum atomic E-state index is 5.64. The molecular formula is C12H16N4OS. The minimum Gasteiger partial charge on any atom is -0.496 e. The van der Waals surface area contributed by atoms with Crippen LogP contribution in [0.1, 0.15) is 11.1 Å². The van der Waals surface area contributed by atoms with Crippen molar-refractivity contribution in [2.75, 3.05) is 7.11 Å². The van der Waals surface area contributed by atoms with E-state index < -0.39 is 0 Å². The monoisotopic (exact) mass is 264 g/mol. The van der Waals surface area contributed by atoms with E-state index in [2.05, 4.69) is 16.3 Å². The van der Waals surface area contributed by atoms with Crippen molar-refractivity contribution in [3.63, 3.8) is 0 Å². The summed E-state index contributed by atoms with van der Waals surface area (Å²) in [5.74, 6) is 1.67. The van der Waals surface area contributed by atoms with Crippen molar-refractivity contribution in [2.24, 2.45) is 12.8 Å². The molecule has 0 aliphatic rings. The van der Waals surface area contributed by atoms with Crippen molar-refractivity contribution in [3.05, 3.63) is 35.7 Å². The predicted molar refractivity (Wildman–Crippen MR) is 71.4 cm³/mol. The van der Waals surface area contributed by atoms with E-state index in [0.29, 0.717) is 6.54 Å². The van der Waals surface area contributed by atoms with Crippen LogP contribution in [0.3, 0.4) is 0 Å². The van der Waals surface area contributed by atoms with Gasteiger partial charge in [-0.25, -0.2) is 0 Å². The summed E-state index contributed by atoms with van der Waals surface area (Å²) in [7, 11) is 3.59. The summed E-state index contributed by atoms with van der Waals surface area (Å²) in [6.45, 7) is 0.486. The maximum absolute atomic E-state index is 5.64. The second-order valence-electron chi connectivity index (χ2n) is 3.86. The lowest BCUT2D eigenvalue weighted by Gasteiger charge is -2.08. The molecule has 0 spiro atoms. The number of methoxy groups -OCH3 is 1. The molecule has 0 radical (unpaired) electrons. The molecule has 0 bridgehead atoms. The van der Waals surface area contributed by atoms with Crippen LogP contribution < -0.4 is 10.5 Å². The van der Waals surface area contributed by atoms with Gasteiger partial charge in [0, 0.05) is 24.9 Å². The highest BCUT2D eigenvalue weighted by Crippen LogP contribution is 2.25. The van der Waals surface area contributed by atoms with Crippen LogP contribution in [-0.4, -0.2) is 21.9 Å². The molecular weight excluding hydrogens is 248 g/mol. The Hall–Kier alpha value is -1.53. The Kier molecular flexibility index (Phi) is 4.22. The normalized spacial score (nSPS) is 10.6. The van der Waals surface area contributed by atoms with E-state index in [0.717, 1.165) is 22.2 Å². The fraction of sp³-hybridized carbons (Fsp3) is 0.333. The predicted octanol–water partition coefficient (Wildman–Crippen LogP) is 1.57. The Morgan fingerprint density at radius 1 is 1.44 bits per heavy atom. The summed E-state index contributed by atoms with van der Waals surface area (Å²) in [6, 6.07) is 6.09. The molecule has 0 unspecified atom stereocenters. The van der Waals surface area contributed by atoms with Gasteiger partial charge in [0.1, 0.15) is 12.1 Å². The van der Waals surface area contributed by atoms with Gasteiger partial charge in [-0.05, 0) is 11.6 Å². The maximum Gasteiger partial charge on any atom is 0.191 e. The third kappa shape index (κ3) is 2.83. The topological polar surface area (TPSA) is 66.0 Å². The van der Waals surface area contributed by atoms with Crippen LogP contribution in [-0.2, 0) is 19.3 Å². The average Bonchev–Trinajstić information content (AvgIpc) is 2.81. The zero-order valence-corrected chi connectivity index (χ0v) is 11.3. The first-order chi connectivity index (χ1) is 8.74. The molecule has 18 heavy (non-hydrogen) atoms. The van der Waals surface area contributed by atoms with Crippen LogP contribution in [0, 0.1) is 0 Å². The van der Waals surface area contributed by atoms with E-state index in [1.165, 1.54) is 5.56 Å². The first kappa shape index (κ1) is 12.9. The zero-order chi connectivity index (χ0) is 13.0. The number of hydrogen-bond donors (Lipinski definition) is 1. The van der Waals surface area contributed by atoms with Gasteiger partial charge < -0.3 is 15.0 Å². The first-order valence-corrected chi connectivity index (χ1v) is 6.55. The minimum atomic E-state index is 0.486. The molecule has 0 saturated carbocycles. The highest BCUT2D eigenvalue weighted by Gasteiger charge is 2.05. The fourth-order valence-corrected chi connectivity index (χ4v) is 2.43. The van der Waals surface area contributed by atoms with Gasteiger partial charge in [-0.2, -0.15) is 0 Å². The van der Waals surface area contributed by atoms with Crippen LogP contribution in [0.2, 0.25) is 0 Å². The first-order valence-electron chi connectivity index (χ1n) is 5.57.